The van der Waals surface area contributed by atoms with Crippen LogP contribution in [0.15, 0.2) is 229 Å². The molecule has 11 rings (SSSR count). The van der Waals surface area contributed by atoms with E-state index < -0.39 is 102 Å². The summed E-state index contributed by atoms with van der Waals surface area (Å²) < 4.78 is 140. The highest BCUT2D eigenvalue weighted by atomic mass is 16.3. The van der Waals surface area contributed by atoms with Crippen LogP contribution in [0, 0.1) is 0 Å². The van der Waals surface area contributed by atoms with Gasteiger partial charge >= 0.3 is 0 Å². The van der Waals surface area contributed by atoms with E-state index in [9.17, 15) is 15.1 Å². The van der Waals surface area contributed by atoms with Crippen molar-refractivity contribution in [2.45, 2.75) is 0 Å². The van der Waals surface area contributed by atoms with Crippen molar-refractivity contribution in [1.82, 2.24) is 0 Å². The van der Waals surface area contributed by atoms with Crippen LogP contribution < -0.4 is 4.90 Å². The van der Waals surface area contributed by atoms with Crippen molar-refractivity contribution in [3.8, 4) is 44.5 Å². The third-order valence-electron chi connectivity index (χ3n) is 10.4. The fourth-order valence-corrected chi connectivity index (χ4v) is 7.63. The summed E-state index contributed by atoms with van der Waals surface area (Å²) in [5.41, 5.74) is 0.209. The molecule has 0 aliphatic carbocycles. The maximum Gasteiger partial charge on any atom is 0.145 e. The van der Waals surface area contributed by atoms with Crippen molar-refractivity contribution < 1.29 is 23.6 Å². The molecule has 2 nitrogen and oxygen atoms in total. The lowest BCUT2D eigenvalue weighted by Gasteiger charge is -2.27. The minimum Gasteiger partial charge on any atom is -0.455 e. The molecule has 0 saturated carbocycles. The van der Waals surface area contributed by atoms with Gasteiger partial charge in [0.05, 0.1) is 30.3 Å². The number of rotatable bonds is 7. The molecule has 0 aliphatic heterocycles. The molecule has 2 heteroatoms. The van der Waals surface area contributed by atoms with E-state index in [1.807, 2.05) is 78.9 Å². The number of anilines is 3. The summed E-state index contributed by atoms with van der Waals surface area (Å²) in [5, 5.41) is 2.61. The van der Waals surface area contributed by atoms with Gasteiger partial charge in [-0.1, -0.05) is 170 Å². The predicted molar refractivity (Wildman–Crippen MR) is 245 cm³/mol. The van der Waals surface area contributed by atoms with Gasteiger partial charge in [0.25, 0.3) is 0 Å². The van der Waals surface area contributed by atoms with Gasteiger partial charge in [-0.2, -0.15) is 0 Å². The van der Waals surface area contributed by atoms with Crippen LogP contribution in [0.3, 0.4) is 0 Å². The molecule has 0 unspecified atom stereocenters. The molecule has 0 atom stereocenters. The van der Waals surface area contributed by atoms with Gasteiger partial charge in [-0.05, 0) is 115 Å². The Hall–Kier alpha value is -7.68. The Bertz CT molecular complexity index is 4040. The Morgan fingerprint density at radius 1 is 0.379 bits per heavy atom. The first kappa shape index (κ1) is 22.2. The van der Waals surface area contributed by atoms with Crippen molar-refractivity contribution in [2.24, 2.45) is 0 Å². The maximum atomic E-state index is 9.96. The molecule has 0 spiro atoms. The molecule has 272 valence electrons. The topological polar surface area (TPSA) is 16.4 Å². The van der Waals surface area contributed by atoms with Crippen LogP contribution in [-0.4, -0.2) is 0 Å². The van der Waals surface area contributed by atoms with Gasteiger partial charge in [-0.15, -0.1) is 0 Å². The Kier molecular flexibility index (Phi) is 5.39. The highest BCUT2D eigenvalue weighted by molar-refractivity contribution is 6.17. The summed E-state index contributed by atoms with van der Waals surface area (Å²) in [6.45, 7) is 0. The van der Waals surface area contributed by atoms with Crippen LogP contribution in [0.25, 0.3) is 88.0 Å². The minimum atomic E-state index is -0.710. The quantitative estimate of drug-likeness (QED) is 0.151. The third kappa shape index (κ3) is 5.82. The third-order valence-corrected chi connectivity index (χ3v) is 10.4. The number of fused-ring (bicyclic) bond motifs is 6. The van der Waals surface area contributed by atoms with E-state index in [-0.39, 0.29) is 38.6 Å². The SMILES string of the molecule is [2H]c1c([2H])c(N(c2c([2H])c([2H])c(-c3cc4ccccc4c4ccccc34)c([2H])c2[2H])c2c([2H])c([2H])c(-c3ccccc3)c3oc4c([2H])c([2H])c([2H])c([2H])c4c23)c([2H])c([2H])c1-c1cccc(-c2ccccc2)c1. The predicted octanol–water partition coefficient (Wildman–Crippen LogP) is 16.0. The second kappa shape index (κ2) is 14.1. The van der Waals surface area contributed by atoms with Gasteiger partial charge in [0.1, 0.15) is 11.2 Å². The smallest absolute Gasteiger partial charge is 0.145 e. The lowest BCUT2D eigenvalue weighted by Crippen LogP contribution is -2.10. The summed E-state index contributed by atoms with van der Waals surface area (Å²) in [6.07, 6.45) is 0. The monoisotopic (exact) mass is 753 g/mol. The van der Waals surface area contributed by atoms with Crippen LogP contribution in [-0.2, 0) is 0 Å². The molecule has 1 aromatic heterocycles. The molecule has 0 radical (unpaired) electrons. The fraction of sp³-hybridized carbons (Fsp3) is 0. The van der Waals surface area contributed by atoms with Crippen LogP contribution >= 0.6 is 0 Å². The molecule has 1 heterocycles. The summed E-state index contributed by atoms with van der Waals surface area (Å²) in [4.78, 5) is 0.918. The van der Waals surface area contributed by atoms with Gasteiger partial charge in [0.2, 0.25) is 0 Å². The molecule has 0 fully saturated rings. The zero-order chi connectivity index (χ0) is 50.6. The zero-order valence-corrected chi connectivity index (χ0v) is 30.6. The largest absolute Gasteiger partial charge is 0.455 e. The summed E-state index contributed by atoms with van der Waals surface area (Å²) in [5.74, 6) is 0. The zero-order valence-electron chi connectivity index (χ0n) is 44.6. The van der Waals surface area contributed by atoms with Crippen LogP contribution in [0.5, 0.6) is 0 Å². The first-order chi connectivity index (χ1) is 34.6. The van der Waals surface area contributed by atoms with Gasteiger partial charge < -0.3 is 9.32 Å². The molecule has 0 amide bonds. The number of hydrogen-bond donors (Lipinski definition) is 0. The Morgan fingerprint density at radius 3 is 1.71 bits per heavy atom. The standard InChI is InChI=1S/C56H37NO/c1-3-14-38(15-4-1)42-19-13-20-43(36-42)39-26-30-45(31-27-39)57(53-35-34-48(40-16-5-2-6-17-40)56-55(53)51-24-11-12-25-54(51)58-56)46-32-28-41(29-33-46)52-37-44-18-7-8-21-47(44)49-22-9-10-23-50(49)52/h1-37H/i11D,12D,24D,25D,26D,27D,28D,29D,30D,31D,32D,33D,34D,35D. The first-order valence-corrected chi connectivity index (χ1v) is 18.7. The molecular weight excluding hydrogens is 703 g/mol. The van der Waals surface area contributed by atoms with Crippen molar-refractivity contribution >= 4 is 60.5 Å². The van der Waals surface area contributed by atoms with Crippen LogP contribution in [0.1, 0.15) is 19.2 Å². The molecular formula is C56H37NO. The normalized spacial score (nSPS) is 14.8. The van der Waals surface area contributed by atoms with E-state index in [1.165, 1.54) is 0 Å². The van der Waals surface area contributed by atoms with Crippen molar-refractivity contribution in [2.75, 3.05) is 4.90 Å². The molecule has 0 bridgehead atoms. The van der Waals surface area contributed by atoms with Crippen molar-refractivity contribution in [3.63, 3.8) is 0 Å². The highest BCUT2D eigenvalue weighted by Crippen LogP contribution is 2.47. The number of nitrogens with zero attached hydrogens (tertiary/aromatic N) is 1. The average Bonchev–Trinajstić information content (AvgIpc) is 3.79. The van der Waals surface area contributed by atoms with Crippen LogP contribution in [0.4, 0.5) is 17.1 Å². The number of furan rings is 1. The van der Waals surface area contributed by atoms with E-state index in [0.717, 1.165) is 32.2 Å². The lowest BCUT2D eigenvalue weighted by atomic mass is 9.93. The van der Waals surface area contributed by atoms with Crippen LogP contribution in [0.2, 0.25) is 0 Å². The Balaban J connectivity index is 1.29. The maximum absolute atomic E-state index is 9.96. The van der Waals surface area contributed by atoms with E-state index in [0.29, 0.717) is 22.1 Å². The molecule has 0 N–H and O–H groups in total. The average molecular weight is 754 g/mol. The van der Waals surface area contributed by atoms with Gasteiger partial charge in [0.15, 0.2) is 0 Å². The summed E-state index contributed by atoms with van der Waals surface area (Å²) >= 11 is 0. The van der Waals surface area contributed by atoms with Crippen molar-refractivity contribution in [3.05, 3.63) is 224 Å². The lowest BCUT2D eigenvalue weighted by molar-refractivity contribution is 0.670. The molecule has 0 aliphatic rings. The second-order valence-electron chi connectivity index (χ2n) is 13.8. The number of para-hydroxylation sites is 1. The van der Waals surface area contributed by atoms with Crippen molar-refractivity contribution in [1.29, 1.82) is 0 Å². The number of benzene rings is 10. The summed E-state index contributed by atoms with van der Waals surface area (Å²) in [7, 11) is 0. The summed E-state index contributed by atoms with van der Waals surface area (Å²) in [6, 6.07) is 32.8. The molecule has 11 aromatic rings. The van der Waals surface area contributed by atoms with Gasteiger partial charge in [0, 0.05) is 22.3 Å². The van der Waals surface area contributed by atoms with E-state index in [1.54, 1.807) is 60.7 Å². The second-order valence-corrected chi connectivity index (χ2v) is 13.8. The Morgan fingerprint density at radius 2 is 0.966 bits per heavy atom. The Labute approximate surface area is 357 Å². The number of hydrogen-bond acceptors (Lipinski definition) is 2. The van der Waals surface area contributed by atoms with E-state index in [2.05, 4.69) is 0 Å². The first-order valence-electron chi connectivity index (χ1n) is 25.7. The minimum absolute atomic E-state index is 0.0126. The van der Waals surface area contributed by atoms with E-state index >= 15 is 0 Å². The van der Waals surface area contributed by atoms with Gasteiger partial charge in [-0.25, -0.2) is 0 Å². The molecule has 10 aromatic carbocycles. The highest BCUT2D eigenvalue weighted by Gasteiger charge is 2.22. The molecule has 58 heavy (non-hydrogen) atoms. The van der Waals surface area contributed by atoms with Gasteiger partial charge in [-0.3, -0.25) is 0 Å². The molecule has 0 saturated heterocycles. The fourth-order valence-electron chi connectivity index (χ4n) is 7.63. The van der Waals surface area contributed by atoms with E-state index in [4.69, 9.17) is 8.53 Å².